The maximum absolute atomic E-state index is 11.7. The lowest BCUT2D eigenvalue weighted by Gasteiger charge is -2.15. The highest BCUT2D eigenvalue weighted by atomic mass is 19.4. The second-order valence-electron chi connectivity index (χ2n) is 3.65. The van der Waals surface area contributed by atoms with Crippen LogP contribution >= 0.6 is 0 Å². The highest BCUT2D eigenvalue weighted by Crippen LogP contribution is 2.34. The number of nitrogens with one attached hydrogen (secondary N) is 1. The average Bonchev–Trinajstić information content (AvgIpc) is 2.81. The molecule has 0 aliphatic heterocycles. The number of nitrogens with two attached hydrogens (primary N) is 1. The van der Waals surface area contributed by atoms with Crippen molar-refractivity contribution >= 4 is 5.91 Å². The van der Waals surface area contributed by atoms with E-state index in [0.717, 1.165) is 12.8 Å². The third-order valence-corrected chi connectivity index (χ3v) is 2.28. The van der Waals surface area contributed by atoms with Crippen molar-refractivity contribution in [1.82, 2.24) is 5.32 Å². The lowest BCUT2D eigenvalue weighted by Crippen LogP contribution is -2.42. The largest absolute Gasteiger partial charge is 0.389 e. The zero-order chi connectivity index (χ0) is 10.8. The molecular formula is C8H13F3N2O. The molecule has 1 rings (SSSR count). The second-order valence-corrected chi connectivity index (χ2v) is 3.65. The molecule has 1 saturated carbocycles. The van der Waals surface area contributed by atoms with Crippen LogP contribution in [0.3, 0.4) is 0 Å². The molecule has 1 aliphatic carbocycles. The molecule has 0 aromatic carbocycles. The van der Waals surface area contributed by atoms with Gasteiger partial charge in [-0.1, -0.05) is 0 Å². The van der Waals surface area contributed by atoms with Crippen molar-refractivity contribution in [3.8, 4) is 0 Å². The van der Waals surface area contributed by atoms with E-state index in [4.69, 9.17) is 5.73 Å². The number of hydrogen-bond acceptors (Lipinski definition) is 2. The first-order valence-electron chi connectivity index (χ1n) is 4.45. The highest BCUT2D eigenvalue weighted by molar-refractivity contribution is 5.77. The standard InChI is InChI=1S/C8H13F3N2O/c9-8(10,11)2-1-6(14)13-7(5-12)3-4-7/h1-5,12H2,(H,13,14). The van der Waals surface area contributed by atoms with Crippen LogP contribution in [0.1, 0.15) is 25.7 Å². The third kappa shape index (κ3) is 3.53. The van der Waals surface area contributed by atoms with Crippen molar-refractivity contribution in [2.75, 3.05) is 6.54 Å². The summed E-state index contributed by atoms with van der Waals surface area (Å²) < 4.78 is 35.2. The Morgan fingerprint density at radius 1 is 1.43 bits per heavy atom. The van der Waals surface area contributed by atoms with Crippen LogP contribution in [0.4, 0.5) is 13.2 Å². The molecule has 0 atom stereocenters. The van der Waals surface area contributed by atoms with Gasteiger partial charge in [0.25, 0.3) is 0 Å². The molecule has 1 aliphatic rings. The fourth-order valence-electron chi connectivity index (χ4n) is 1.14. The van der Waals surface area contributed by atoms with Crippen LogP contribution < -0.4 is 11.1 Å². The molecule has 0 unspecified atom stereocenters. The summed E-state index contributed by atoms with van der Waals surface area (Å²) in [7, 11) is 0. The smallest absolute Gasteiger partial charge is 0.349 e. The number of carbonyl (C=O) groups is 1. The highest BCUT2D eigenvalue weighted by Gasteiger charge is 2.42. The molecular weight excluding hydrogens is 197 g/mol. The fraction of sp³-hybridized carbons (Fsp3) is 0.875. The van der Waals surface area contributed by atoms with Crippen molar-refractivity contribution in [3.05, 3.63) is 0 Å². The Morgan fingerprint density at radius 3 is 2.36 bits per heavy atom. The third-order valence-electron chi connectivity index (χ3n) is 2.28. The van der Waals surface area contributed by atoms with Crippen LogP contribution in [0.2, 0.25) is 0 Å². The zero-order valence-corrected chi connectivity index (χ0v) is 7.66. The predicted octanol–water partition coefficient (Wildman–Crippen LogP) is 0.936. The van der Waals surface area contributed by atoms with E-state index in [2.05, 4.69) is 5.32 Å². The molecule has 1 amide bonds. The van der Waals surface area contributed by atoms with Crippen LogP contribution in [-0.4, -0.2) is 24.2 Å². The van der Waals surface area contributed by atoms with Gasteiger partial charge in [0.15, 0.2) is 0 Å². The number of hydrogen-bond donors (Lipinski definition) is 2. The van der Waals surface area contributed by atoms with E-state index in [1.807, 2.05) is 0 Å². The Balaban J connectivity index is 2.23. The van der Waals surface area contributed by atoms with E-state index >= 15 is 0 Å². The van der Waals surface area contributed by atoms with Crippen LogP contribution in [0.15, 0.2) is 0 Å². The summed E-state index contributed by atoms with van der Waals surface area (Å²) >= 11 is 0. The van der Waals surface area contributed by atoms with Gasteiger partial charge in [-0.2, -0.15) is 13.2 Å². The van der Waals surface area contributed by atoms with E-state index in [1.54, 1.807) is 0 Å². The minimum atomic E-state index is -4.27. The van der Waals surface area contributed by atoms with Gasteiger partial charge < -0.3 is 11.1 Å². The lowest BCUT2D eigenvalue weighted by molar-refractivity contribution is -0.144. The van der Waals surface area contributed by atoms with Crippen LogP contribution in [0.5, 0.6) is 0 Å². The monoisotopic (exact) mass is 210 g/mol. The molecule has 0 bridgehead atoms. The molecule has 0 spiro atoms. The Labute approximate surface area is 79.8 Å². The van der Waals surface area contributed by atoms with E-state index < -0.39 is 30.5 Å². The minimum absolute atomic E-state index is 0.296. The van der Waals surface area contributed by atoms with Gasteiger partial charge in [0.1, 0.15) is 0 Å². The number of amides is 1. The molecule has 0 aromatic rings. The van der Waals surface area contributed by atoms with Gasteiger partial charge in [0.05, 0.1) is 12.0 Å². The normalized spacial score (nSPS) is 19.1. The van der Waals surface area contributed by atoms with Crippen molar-refractivity contribution in [1.29, 1.82) is 0 Å². The SMILES string of the molecule is NCC1(NC(=O)CCC(F)(F)F)CC1. The molecule has 82 valence electrons. The lowest BCUT2D eigenvalue weighted by atomic mass is 10.2. The minimum Gasteiger partial charge on any atom is -0.349 e. The number of alkyl halides is 3. The van der Waals surface area contributed by atoms with Crippen LogP contribution in [0.25, 0.3) is 0 Å². The van der Waals surface area contributed by atoms with Crippen molar-refractivity contribution in [3.63, 3.8) is 0 Å². The Kier molecular flexibility index (Phi) is 3.04. The summed E-state index contributed by atoms with van der Waals surface area (Å²) in [6.07, 6.45) is -4.32. The van der Waals surface area contributed by atoms with Crippen LogP contribution in [-0.2, 0) is 4.79 Å². The van der Waals surface area contributed by atoms with Crippen LogP contribution in [0, 0.1) is 0 Å². The molecule has 0 radical (unpaired) electrons. The molecule has 3 N–H and O–H groups in total. The first-order valence-corrected chi connectivity index (χ1v) is 4.45. The zero-order valence-electron chi connectivity index (χ0n) is 7.66. The fourth-order valence-corrected chi connectivity index (χ4v) is 1.14. The molecule has 3 nitrogen and oxygen atoms in total. The maximum Gasteiger partial charge on any atom is 0.389 e. The predicted molar refractivity (Wildman–Crippen MR) is 44.5 cm³/mol. The topological polar surface area (TPSA) is 55.1 Å². The van der Waals surface area contributed by atoms with Gasteiger partial charge >= 0.3 is 6.18 Å². The van der Waals surface area contributed by atoms with Crippen molar-refractivity contribution in [2.45, 2.75) is 37.4 Å². The van der Waals surface area contributed by atoms with Crippen molar-refractivity contribution in [2.24, 2.45) is 5.73 Å². The summed E-state index contributed by atoms with van der Waals surface area (Å²) in [6, 6.07) is 0. The molecule has 0 heterocycles. The first kappa shape index (κ1) is 11.3. The second kappa shape index (κ2) is 3.76. The van der Waals surface area contributed by atoms with Gasteiger partial charge in [-0.05, 0) is 12.8 Å². The van der Waals surface area contributed by atoms with E-state index in [0.29, 0.717) is 6.54 Å². The van der Waals surface area contributed by atoms with Gasteiger partial charge in [0.2, 0.25) is 5.91 Å². The summed E-state index contributed by atoms with van der Waals surface area (Å²) in [5.74, 6) is -0.565. The molecule has 14 heavy (non-hydrogen) atoms. The summed E-state index contributed by atoms with van der Waals surface area (Å²) in [6.45, 7) is 0.296. The van der Waals surface area contributed by atoms with Crippen molar-refractivity contribution < 1.29 is 18.0 Å². The van der Waals surface area contributed by atoms with E-state index in [1.165, 1.54) is 0 Å². The molecule has 6 heteroatoms. The van der Waals surface area contributed by atoms with Gasteiger partial charge in [-0.15, -0.1) is 0 Å². The Morgan fingerprint density at radius 2 is 2.00 bits per heavy atom. The average molecular weight is 210 g/mol. The number of halogens is 3. The Hall–Kier alpha value is -0.780. The maximum atomic E-state index is 11.7. The summed E-state index contributed by atoms with van der Waals surface area (Å²) in [5.41, 5.74) is 4.96. The summed E-state index contributed by atoms with van der Waals surface area (Å²) in [4.78, 5) is 11.0. The van der Waals surface area contributed by atoms with Gasteiger partial charge in [-0.25, -0.2) is 0 Å². The number of carbonyl (C=O) groups excluding carboxylic acids is 1. The first-order chi connectivity index (χ1) is 6.37. The van der Waals surface area contributed by atoms with Gasteiger partial charge in [-0.3, -0.25) is 4.79 Å². The Bertz CT molecular complexity index is 223. The molecule has 0 aromatic heterocycles. The van der Waals surface area contributed by atoms with E-state index in [9.17, 15) is 18.0 Å². The molecule has 1 fully saturated rings. The quantitative estimate of drug-likeness (QED) is 0.725. The van der Waals surface area contributed by atoms with Gasteiger partial charge in [0, 0.05) is 13.0 Å². The summed E-state index contributed by atoms with van der Waals surface area (Å²) in [5, 5.41) is 2.53. The number of rotatable bonds is 4. The molecule has 0 saturated heterocycles. The van der Waals surface area contributed by atoms with E-state index in [-0.39, 0.29) is 0 Å².